The van der Waals surface area contributed by atoms with Gasteiger partial charge in [0.2, 0.25) is 5.76 Å². The number of carbonyl (C=O) groups is 1. The van der Waals surface area contributed by atoms with Crippen molar-refractivity contribution in [3.05, 3.63) is 47.3 Å². The number of nitrogens with one attached hydrogen (secondary N) is 1. The molecular formula is C15H16N2O3. The van der Waals surface area contributed by atoms with Crippen LogP contribution in [-0.2, 0) is 12.8 Å². The summed E-state index contributed by atoms with van der Waals surface area (Å²) in [6.07, 6.45) is 3.19. The number of benzene rings is 1. The van der Waals surface area contributed by atoms with Gasteiger partial charge in [0, 0.05) is 18.5 Å². The third-order valence-corrected chi connectivity index (χ3v) is 3.33. The highest BCUT2D eigenvalue weighted by molar-refractivity contribution is 5.91. The first-order chi connectivity index (χ1) is 9.72. The quantitative estimate of drug-likeness (QED) is 0.924. The SMILES string of the molecule is C[C@H](Cc1ccc2c(c1)CCO2)NC(=O)c1ccno1. The lowest BCUT2D eigenvalue weighted by Crippen LogP contribution is -2.33. The van der Waals surface area contributed by atoms with Gasteiger partial charge in [-0.15, -0.1) is 0 Å². The van der Waals surface area contributed by atoms with Crippen LogP contribution in [0.4, 0.5) is 0 Å². The van der Waals surface area contributed by atoms with Gasteiger partial charge in [0.05, 0.1) is 12.8 Å². The van der Waals surface area contributed by atoms with Crippen LogP contribution in [0, 0.1) is 0 Å². The Morgan fingerprint density at radius 1 is 1.45 bits per heavy atom. The van der Waals surface area contributed by atoms with Crippen molar-refractivity contribution in [1.29, 1.82) is 0 Å². The Morgan fingerprint density at radius 3 is 3.15 bits per heavy atom. The Balaban J connectivity index is 1.61. The second kappa shape index (κ2) is 5.36. The van der Waals surface area contributed by atoms with E-state index in [0.29, 0.717) is 0 Å². The molecule has 2 heterocycles. The highest BCUT2D eigenvalue weighted by Crippen LogP contribution is 2.26. The van der Waals surface area contributed by atoms with Gasteiger partial charge < -0.3 is 14.6 Å². The molecule has 2 aromatic rings. The van der Waals surface area contributed by atoms with Gasteiger partial charge in [-0.05, 0) is 30.5 Å². The van der Waals surface area contributed by atoms with E-state index in [-0.39, 0.29) is 17.7 Å². The van der Waals surface area contributed by atoms with Crippen LogP contribution in [0.25, 0.3) is 0 Å². The summed E-state index contributed by atoms with van der Waals surface area (Å²) < 4.78 is 10.3. The molecule has 1 N–H and O–H groups in total. The molecule has 1 aromatic heterocycles. The largest absolute Gasteiger partial charge is 0.493 e. The minimum atomic E-state index is -0.237. The lowest BCUT2D eigenvalue weighted by molar-refractivity contribution is 0.0903. The van der Waals surface area contributed by atoms with Crippen molar-refractivity contribution in [1.82, 2.24) is 10.5 Å². The molecule has 5 heteroatoms. The fourth-order valence-corrected chi connectivity index (χ4v) is 2.40. The number of hydrogen-bond acceptors (Lipinski definition) is 4. The van der Waals surface area contributed by atoms with E-state index >= 15 is 0 Å². The highest BCUT2D eigenvalue weighted by atomic mass is 16.5. The fourth-order valence-electron chi connectivity index (χ4n) is 2.40. The van der Waals surface area contributed by atoms with Crippen molar-refractivity contribution in [3.8, 4) is 5.75 Å². The van der Waals surface area contributed by atoms with Gasteiger partial charge in [0.25, 0.3) is 5.91 Å². The summed E-state index contributed by atoms with van der Waals surface area (Å²) in [6.45, 7) is 2.73. The van der Waals surface area contributed by atoms with Crippen LogP contribution in [0.5, 0.6) is 5.75 Å². The molecule has 0 unspecified atom stereocenters. The summed E-state index contributed by atoms with van der Waals surface area (Å²) in [6, 6.07) is 7.77. The van der Waals surface area contributed by atoms with Gasteiger partial charge in [-0.1, -0.05) is 17.3 Å². The number of amides is 1. The predicted octanol–water partition coefficient (Wildman–Crippen LogP) is 1.97. The normalized spacial score (nSPS) is 14.4. The summed E-state index contributed by atoms with van der Waals surface area (Å²) in [5.41, 5.74) is 2.44. The van der Waals surface area contributed by atoms with E-state index in [1.165, 1.54) is 17.3 Å². The third-order valence-electron chi connectivity index (χ3n) is 3.33. The first kappa shape index (κ1) is 12.7. The number of nitrogens with zero attached hydrogens (tertiary/aromatic N) is 1. The Kier molecular flexibility index (Phi) is 3.41. The van der Waals surface area contributed by atoms with Gasteiger partial charge in [-0.3, -0.25) is 4.79 Å². The average Bonchev–Trinajstić information content (AvgIpc) is 3.09. The van der Waals surface area contributed by atoms with Crippen molar-refractivity contribution in [2.45, 2.75) is 25.8 Å². The van der Waals surface area contributed by atoms with Crippen LogP contribution < -0.4 is 10.1 Å². The minimum absolute atomic E-state index is 0.0213. The Labute approximate surface area is 116 Å². The lowest BCUT2D eigenvalue weighted by atomic mass is 10.0. The van der Waals surface area contributed by atoms with E-state index in [0.717, 1.165) is 25.2 Å². The molecule has 3 rings (SSSR count). The topological polar surface area (TPSA) is 64.4 Å². The molecule has 1 aliphatic heterocycles. The third kappa shape index (κ3) is 2.66. The van der Waals surface area contributed by atoms with E-state index in [2.05, 4.69) is 16.5 Å². The molecule has 5 nitrogen and oxygen atoms in total. The smallest absolute Gasteiger partial charge is 0.290 e. The maximum atomic E-state index is 11.8. The van der Waals surface area contributed by atoms with E-state index < -0.39 is 0 Å². The van der Waals surface area contributed by atoms with Crippen LogP contribution in [0.1, 0.15) is 28.6 Å². The molecule has 1 aromatic carbocycles. The van der Waals surface area contributed by atoms with Crippen LogP contribution in [0.3, 0.4) is 0 Å². The number of ether oxygens (including phenoxy) is 1. The van der Waals surface area contributed by atoms with Gasteiger partial charge in [-0.25, -0.2) is 0 Å². The van der Waals surface area contributed by atoms with Crippen molar-refractivity contribution < 1.29 is 14.1 Å². The monoisotopic (exact) mass is 272 g/mol. The number of aromatic nitrogens is 1. The second-order valence-corrected chi connectivity index (χ2v) is 5.00. The molecule has 0 saturated heterocycles. The zero-order valence-corrected chi connectivity index (χ0v) is 11.3. The molecule has 0 fully saturated rings. The standard InChI is InChI=1S/C15H16N2O3/c1-10(17-15(18)14-4-6-16-20-14)8-11-2-3-13-12(9-11)5-7-19-13/h2-4,6,9-10H,5,7-8H2,1H3,(H,17,18)/t10-/m1/s1. The van der Waals surface area contributed by atoms with Gasteiger partial charge in [0.1, 0.15) is 5.75 Å². The predicted molar refractivity (Wildman–Crippen MR) is 72.8 cm³/mol. The van der Waals surface area contributed by atoms with Gasteiger partial charge >= 0.3 is 0 Å². The van der Waals surface area contributed by atoms with Crippen LogP contribution in [-0.4, -0.2) is 23.7 Å². The maximum Gasteiger partial charge on any atom is 0.290 e. The van der Waals surface area contributed by atoms with Crippen molar-refractivity contribution in [2.24, 2.45) is 0 Å². The Morgan fingerprint density at radius 2 is 2.35 bits per heavy atom. The Hall–Kier alpha value is -2.30. The zero-order chi connectivity index (χ0) is 13.9. The summed E-state index contributed by atoms with van der Waals surface area (Å²) in [4.78, 5) is 11.8. The molecular weight excluding hydrogens is 256 g/mol. The van der Waals surface area contributed by atoms with Crippen molar-refractivity contribution >= 4 is 5.91 Å². The van der Waals surface area contributed by atoms with E-state index in [9.17, 15) is 4.79 Å². The number of fused-ring (bicyclic) bond motifs is 1. The summed E-state index contributed by atoms with van der Waals surface area (Å²) in [5, 5.41) is 6.42. The summed E-state index contributed by atoms with van der Waals surface area (Å²) in [7, 11) is 0. The number of carbonyl (C=O) groups excluding carboxylic acids is 1. The van der Waals surface area contributed by atoms with E-state index in [1.54, 1.807) is 6.07 Å². The molecule has 104 valence electrons. The molecule has 0 radical (unpaired) electrons. The molecule has 0 aliphatic carbocycles. The van der Waals surface area contributed by atoms with E-state index in [1.807, 2.05) is 19.1 Å². The molecule has 1 aliphatic rings. The van der Waals surface area contributed by atoms with Crippen LogP contribution in [0.2, 0.25) is 0 Å². The lowest BCUT2D eigenvalue weighted by Gasteiger charge is -2.13. The van der Waals surface area contributed by atoms with E-state index in [4.69, 9.17) is 9.26 Å². The van der Waals surface area contributed by atoms with Crippen LogP contribution >= 0.6 is 0 Å². The van der Waals surface area contributed by atoms with Gasteiger partial charge in [0.15, 0.2) is 0 Å². The highest BCUT2D eigenvalue weighted by Gasteiger charge is 2.15. The molecule has 1 atom stereocenters. The van der Waals surface area contributed by atoms with Gasteiger partial charge in [-0.2, -0.15) is 0 Å². The first-order valence-corrected chi connectivity index (χ1v) is 6.68. The molecule has 0 spiro atoms. The van der Waals surface area contributed by atoms with Crippen LogP contribution in [0.15, 0.2) is 35.0 Å². The molecule has 1 amide bonds. The van der Waals surface area contributed by atoms with Crippen molar-refractivity contribution in [3.63, 3.8) is 0 Å². The first-order valence-electron chi connectivity index (χ1n) is 6.68. The average molecular weight is 272 g/mol. The summed E-state index contributed by atoms with van der Waals surface area (Å²) >= 11 is 0. The second-order valence-electron chi connectivity index (χ2n) is 5.00. The molecule has 0 bridgehead atoms. The maximum absolute atomic E-state index is 11.8. The molecule has 0 saturated carbocycles. The number of hydrogen-bond donors (Lipinski definition) is 1. The number of rotatable bonds is 4. The molecule has 20 heavy (non-hydrogen) atoms. The Bertz CT molecular complexity index is 608. The van der Waals surface area contributed by atoms with Crippen molar-refractivity contribution in [2.75, 3.05) is 6.61 Å². The minimum Gasteiger partial charge on any atom is -0.493 e. The fraction of sp³-hybridized carbons (Fsp3) is 0.333. The zero-order valence-electron chi connectivity index (χ0n) is 11.3. The summed E-state index contributed by atoms with van der Waals surface area (Å²) in [5.74, 6) is 0.978.